The van der Waals surface area contributed by atoms with Crippen LogP contribution in [0.2, 0.25) is 0 Å². The monoisotopic (exact) mass is 313 g/mol. The fraction of sp³-hybridized carbons (Fsp3) is 0.421. The Hall–Kier alpha value is -2.23. The highest BCUT2D eigenvalue weighted by molar-refractivity contribution is 5.86. The van der Waals surface area contributed by atoms with E-state index >= 15 is 0 Å². The molecule has 23 heavy (non-hydrogen) atoms. The number of ether oxygens (including phenoxy) is 2. The number of methoxy groups -OCH3 is 1. The van der Waals surface area contributed by atoms with Crippen molar-refractivity contribution < 1.29 is 14.3 Å². The number of H-pyrrole nitrogens is 1. The fourth-order valence-corrected chi connectivity index (χ4v) is 3.58. The molecule has 4 heteroatoms. The largest absolute Gasteiger partial charge is 0.497 e. The summed E-state index contributed by atoms with van der Waals surface area (Å²) in [6.45, 7) is 2.28. The normalized spacial score (nSPS) is 16.3. The Morgan fingerprint density at radius 2 is 1.87 bits per heavy atom. The maximum atomic E-state index is 12.7. The highest BCUT2D eigenvalue weighted by Crippen LogP contribution is 2.45. The summed E-state index contributed by atoms with van der Waals surface area (Å²) in [5.74, 6) is 0.724. The number of carbonyl (C=O) groups is 1. The van der Waals surface area contributed by atoms with Gasteiger partial charge in [-0.2, -0.15) is 0 Å². The van der Waals surface area contributed by atoms with Crippen LogP contribution in [0.5, 0.6) is 5.75 Å². The Kier molecular flexibility index (Phi) is 4.42. The van der Waals surface area contributed by atoms with Crippen LogP contribution in [0.1, 0.15) is 38.3 Å². The molecular formula is C19H23NO3. The molecule has 1 fully saturated rings. The van der Waals surface area contributed by atoms with E-state index in [0.717, 1.165) is 48.3 Å². The van der Waals surface area contributed by atoms with Gasteiger partial charge in [0.1, 0.15) is 11.2 Å². The molecule has 122 valence electrons. The molecule has 0 radical (unpaired) electrons. The predicted molar refractivity (Wildman–Crippen MR) is 89.6 cm³/mol. The van der Waals surface area contributed by atoms with Gasteiger partial charge in [0.25, 0.3) is 0 Å². The molecule has 3 rings (SSSR count). The zero-order chi connectivity index (χ0) is 16.3. The summed E-state index contributed by atoms with van der Waals surface area (Å²) in [7, 11) is 1.66. The van der Waals surface area contributed by atoms with Crippen LogP contribution in [0.15, 0.2) is 36.5 Å². The number of rotatable bonds is 5. The summed E-state index contributed by atoms with van der Waals surface area (Å²) < 4.78 is 10.6. The third-order valence-electron chi connectivity index (χ3n) is 4.75. The number of nitrogens with one attached hydrogen (secondary N) is 1. The van der Waals surface area contributed by atoms with E-state index in [2.05, 4.69) is 4.98 Å². The minimum atomic E-state index is -0.533. The molecule has 0 spiro atoms. The molecule has 1 heterocycles. The third-order valence-corrected chi connectivity index (χ3v) is 4.75. The third kappa shape index (κ3) is 2.74. The van der Waals surface area contributed by atoms with Crippen molar-refractivity contribution in [1.29, 1.82) is 0 Å². The van der Waals surface area contributed by atoms with Gasteiger partial charge in [-0.1, -0.05) is 25.0 Å². The number of hydrogen-bond acceptors (Lipinski definition) is 3. The lowest BCUT2D eigenvalue weighted by atomic mass is 9.80. The minimum absolute atomic E-state index is 0.102. The summed E-state index contributed by atoms with van der Waals surface area (Å²) in [4.78, 5) is 16.0. The van der Waals surface area contributed by atoms with E-state index in [1.807, 2.05) is 43.5 Å². The first-order valence-electron chi connectivity index (χ1n) is 8.21. The minimum Gasteiger partial charge on any atom is -0.497 e. The second-order valence-electron chi connectivity index (χ2n) is 6.00. The Morgan fingerprint density at radius 1 is 1.17 bits per heavy atom. The quantitative estimate of drug-likeness (QED) is 0.847. The predicted octanol–water partition coefficient (Wildman–Crippen LogP) is 4.07. The molecule has 0 bridgehead atoms. The van der Waals surface area contributed by atoms with Crippen molar-refractivity contribution in [3.8, 4) is 16.9 Å². The van der Waals surface area contributed by atoms with Crippen molar-refractivity contribution in [2.24, 2.45) is 0 Å². The first-order chi connectivity index (χ1) is 11.2. The fourth-order valence-electron chi connectivity index (χ4n) is 3.58. The van der Waals surface area contributed by atoms with Gasteiger partial charge < -0.3 is 14.5 Å². The van der Waals surface area contributed by atoms with Crippen LogP contribution in [0.3, 0.4) is 0 Å². The van der Waals surface area contributed by atoms with E-state index in [1.165, 1.54) is 0 Å². The van der Waals surface area contributed by atoms with Gasteiger partial charge in [0.15, 0.2) is 0 Å². The topological polar surface area (TPSA) is 51.3 Å². The van der Waals surface area contributed by atoms with E-state index in [-0.39, 0.29) is 5.97 Å². The number of benzene rings is 1. The summed E-state index contributed by atoms with van der Waals surface area (Å²) in [5.41, 5.74) is 2.60. The molecule has 1 aromatic carbocycles. The second-order valence-corrected chi connectivity index (χ2v) is 6.00. The van der Waals surface area contributed by atoms with Gasteiger partial charge >= 0.3 is 5.97 Å². The van der Waals surface area contributed by atoms with E-state index in [4.69, 9.17) is 9.47 Å². The Labute approximate surface area is 136 Å². The molecule has 0 aliphatic heterocycles. The molecule has 1 N–H and O–H groups in total. The van der Waals surface area contributed by atoms with Gasteiger partial charge in [-0.25, -0.2) is 0 Å². The maximum absolute atomic E-state index is 12.7. The van der Waals surface area contributed by atoms with Gasteiger partial charge in [0.05, 0.1) is 13.7 Å². The zero-order valence-corrected chi connectivity index (χ0v) is 13.7. The number of aromatic nitrogens is 1. The SMILES string of the molecule is CCOC(=O)C1(c2[nH]ccc2-c2ccc(OC)cc2)CCCC1. The van der Waals surface area contributed by atoms with Crippen molar-refractivity contribution >= 4 is 5.97 Å². The Balaban J connectivity index is 2.02. The molecule has 0 unspecified atom stereocenters. The van der Waals surface area contributed by atoms with Crippen LogP contribution in [-0.4, -0.2) is 24.7 Å². The van der Waals surface area contributed by atoms with E-state index in [0.29, 0.717) is 6.61 Å². The molecule has 1 saturated carbocycles. The van der Waals surface area contributed by atoms with E-state index in [9.17, 15) is 4.79 Å². The second kappa shape index (κ2) is 6.49. The van der Waals surface area contributed by atoms with Crippen molar-refractivity contribution in [1.82, 2.24) is 4.98 Å². The molecule has 4 nitrogen and oxygen atoms in total. The van der Waals surface area contributed by atoms with Gasteiger partial charge in [-0.05, 0) is 43.5 Å². The molecule has 1 aliphatic carbocycles. The lowest BCUT2D eigenvalue weighted by Gasteiger charge is -2.27. The van der Waals surface area contributed by atoms with Crippen LogP contribution < -0.4 is 4.74 Å². The van der Waals surface area contributed by atoms with E-state index < -0.39 is 5.41 Å². The lowest BCUT2D eigenvalue weighted by molar-refractivity contribution is -0.150. The van der Waals surface area contributed by atoms with Gasteiger partial charge in [-0.15, -0.1) is 0 Å². The van der Waals surface area contributed by atoms with Crippen molar-refractivity contribution in [2.45, 2.75) is 38.0 Å². The first-order valence-corrected chi connectivity index (χ1v) is 8.21. The molecule has 0 amide bonds. The number of esters is 1. The van der Waals surface area contributed by atoms with Crippen molar-refractivity contribution in [3.63, 3.8) is 0 Å². The van der Waals surface area contributed by atoms with Crippen LogP contribution in [0, 0.1) is 0 Å². The van der Waals surface area contributed by atoms with Crippen molar-refractivity contribution in [3.05, 3.63) is 42.2 Å². The summed E-state index contributed by atoms with van der Waals surface area (Å²) in [6, 6.07) is 9.98. The average molecular weight is 313 g/mol. The molecular weight excluding hydrogens is 290 g/mol. The molecule has 0 saturated heterocycles. The Morgan fingerprint density at radius 3 is 2.48 bits per heavy atom. The van der Waals surface area contributed by atoms with Crippen LogP contribution in [0.25, 0.3) is 11.1 Å². The molecule has 2 aromatic rings. The molecule has 1 aromatic heterocycles. The van der Waals surface area contributed by atoms with E-state index in [1.54, 1.807) is 7.11 Å². The summed E-state index contributed by atoms with van der Waals surface area (Å²) >= 11 is 0. The smallest absolute Gasteiger partial charge is 0.318 e. The standard InChI is InChI=1S/C19H23NO3/c1-3-23-18(21)19(11-4-5-12-19)17-16(10-13-20-17)14-6-8-15(22-2)9-7-14/h6-10,13,20H,3-5,11-12H2,1-2H3. The number of aromatic amines is 1. The average Bonchev–Trinajstić information content (AvgIpc) is 3.25. The number of carbonyl (C=O) groups excluding carboxylic acids is 1. The number of hydrogen-bond donors (Lipinski definition) is 1. The summed E-state index contributed by atoms with van der Waals surface area (Å²) in [5, 5.41) is 0. The van der Waals surface area contributed by atoms with Gasteiger partial charge in [0, 0.05) is 17.5 Å². The van der Waals surface area contributed by atoms with Gasteiger partial charge in [-0.3, -0.25) is 4.79 Å². The van der Waals surface area contributed by atoms with Crippen LogP contribution >= 0.6 is 0 Å². The maximum Gasteiger partial charge on any atom is 0.318 e. The Bertz CT molecular complexity index is 666. The highest BCUT2D eigenvalue weighted by atomic mass is 16.5. The summed E-state index contributed by atoms with van der Waals surface area (Å²) in [6.07, 6.45) is 5.71. The van der Waals surface area contributed by atoms with Crippen LogP contribution in [0.4, 0.5) is 0 Å². The molecule has 1 aliphatic rings. The van der Waals surface area contributed by atoms with Crippen LogP contribution in [-0.2, 0) is 14.9 Å². The molecule has 0 atom stereocenters. The lowest BCUT2D eigenvalue weighted by Crippen LogP contribution is -2.35. The zero-order valence-electron chi connectivity index (χ0n) is 13.7. The first kappa shape index (κ1) is 15.7. The highest BCUT2D eigenvalue weighted by Gasteiger charge is 2.46. The van der Waals surface area contributed by atoms with Crippen molar-refractivity contribution in [2.75, 3.05) is 13.7 Å². The van der Waals surface area contributed by atoms with Gasteiger partial charge in [0.2, 0.25) is 0 Å².